The van der Waals surface area contributed by atoms with Crippen molar-refractivity contribution in [2.75, 3.05) is 18.1 Å². The zero-order chi connectivity index (χ0) is 15.5. The van der Waals surface area contributed by atoms with E-state index < -0.39 is 9.84 Å². The van der Waals surface area contributed by atoms with Gasteiger partial charge in [-0.1, -0.05) is 44.2 Å². The van der Waals surface area contributed by atoms with Crippen LogP contribution in [0.3, 0.4) is 0 Å². The highest BCUT2D eigenvalue weighted by atomic mass is 32.2. The smallest absolute Gasteiger partial charge is 0.220 e. The van der Waals surface area contributed by atoms with Gasteiger partial charge in [0.1, 0.15) is 0 Å². The molecule has 0 saturated carbocycles. The standard InChI is InChI=1S/C16H23NO3S/c1-16(2,14-6-4-3-5-7-14)12-17-15(18)10-13-8-9-21(19,20)11-13/h3-7,13H,8-12H2,1-2H3,(H,17,18)/t13-/m1/s1. The van der Waals surface area contributed by atoms with Gasteiger partial charge in [-0.15, -0.1) is 0 Å². The molecule has 1 aliphatic rings. The second-order valence-electron chi connectivity index (χ2n) is 6.50. The van der Waals surface area contributed by atoms with Crippen LogP contribution in [0, 0.1) is 5.92 Å². The number of sulfone groups is 1. The number of rotatable bonds is 5. The molecule has 1 fully saturated rings. The summed E-state index contributed by atoms with van der Waals surface area (Å²) in [4.78, 5) is 12.0. The van der Waals surface area contributed by atoms with Gasteiger partial charge in [-0.25, -0.2) is 8.42 Å². The van der Waals surface area contributed by atoms with Crippen LogP contribution in [0.5, 0.6) is 0 Å². The normalized spacial score (nSPS) is 21.1. The highest BCUT2D eigenvalue weighted by Crippen LogP contribution is 2.23. The Balaban J connectivity index is 1.84. The lowest BCUT2D eigenvalue weighted by atomic mass is 9.84. The second-order valence-corrected chi connectivity index (χ2v) is 8.73. The molecule has 1 atom stereocenters. The van der Waals surface area contributed by atoms with Crippen LogP contribution in [-0.2, 0) is 20.0 Å². The predicted octanol–water partition coefficient (Wildman–Crippen LogP) is 1.91. The van der Waals surface area contributed by atoms with Crippen LogP contribution < -0.4 is 5.32 Å². The van der Waals surface area contributed by atoms with Gasteiger partial charge in [0, 0.05) is 18.4 Å². The Hall–Kier alpha value is -1.36. The summed E-state index contributed by atoms with van der Waals surface area (Å²) in [6.07, 6.45) is 0.919. The molecule has 116 valence electrons. The number of amides is 1. The van der Waals surface area contributed by atoms with Crippen molar-refractivity contribution in [3.8, 4) is 0 Å². The van der Waals surface area contributed by atoms with Crippen molar-refractivity contribution in [2.24, 2.45) is 5.92 Å². The van der Waals surface area contributed by atoms with E-state index in [1.807, 2.05) is 18.2 Å². The summed E-state index contributed by atoms with van der Waals surface area (Å²) in [5.41, 5.74) is 1.03. The average molecular weight is 309 g/mol. The molecule has 1 amide bonds. The SMILES string of the molecule is CC(C)(CNC(=O)C[C@H]1CCS(=O)(=O)C1)c1ccccc1. The van der Waals surface area contributed by atoms with E-state index in [0.29, 0.717) is 19.4 Å². The van der Waals surface area contributed by atoms with Crippen LogP contribution >= 0.6 is 0 Å². The van der Waals surface area contributed by atoms with E-state index in [4.69, 9.17) is 0 Å². The number of hydrogen-bond acceptors (Lipinski definition) is 3. The van der Waals surface area contributed by atoms with E-state index in [1.54, 1.807) is 0 Å². The molecule has 1 heterocycles. The van der Waals surface area contributed by atoms with Crippen LogP contribution in [0.15, 0.2) is 30.3 Å². The monoisotopic (exact) mass is 309 g/mol. The molecule has 2 rings (SSSR count). The lowest BCUT2D eigenvalue weighted by Gasteiger charge is -2.26. The molecule has 1 aromatic rings. The van der Waals surface area contributed by atoms with Gasteiger partial charge in [0.25, 0.3) is 0 Å². The Kier molecular flexibility index (Phi) is 4.71. The fourth-order valence-corrected chi connectivity index (χ4v) is 4.54. The number of benzene rings is 1. The number of carbonyl (C=O) groups is 1. The molecule has 0 unspecified atom stereocenters. The molecule has 0 aliphatic carbocycles. The minimum atomic E-state index is -2.91. The van der Waals surface area contributed by atoms with E-state index in [1.165, 1.54) is 5.56 Å². The fraction of sp³-hybridized carbons (Fsp3) is 0.562. The van der Waals surface area contributed by atoms with Gasteiger partial charge < -0.3 is 5.32 Å². The minimum Gasteiger partial charge on any atom is -0.355 e. The third-order valence-corrected chi connectivity index (χ3v) is 5.92. The molecule has 1 saturated heterocycles. The van der Waals surface area contributed by atoms with Crippen molar-refractivity contribution in [1.29, 1.82) is 0 Å². The Labute approximate surface area is 126 Å². The summed E-state index contributed by atoms with van der Waals surface area (Å²) in [5.74, 6) is 0.305. The zero-order valence-electron chi connectivity index (χ0n) is 12.6. The molecule has 4 nitrogen and oxygen atoms in total. The first-order chi connectivity index (χ1) is 9.78. The summed E-state index contributed by atoms with van der Waals surface area (Å²) >= 11 is 0. The van der Waals surface area contributed by atoms with Gasteiger partial charge in [-0.2, -0.15) is 0 Å². The Bertz CT molecular complexity index is 593. The van der Waals surface area contributed by atoms with Gasteiger partial charge in [0.05, 0.1) is 11.5 Å². The van der Waals surface area contributed by atoms with Gasteiger partial charge in [-0.3, -0.25) is 4.79 Å². The van der Waals surface area contributed by atoms with Gasteiger partial charge in [-0.05, 0) is 17.9 Å². The largest absolute Gasteiger partial charge is 0.355 e. The van der Waals surface area contributed by atoms with Crippen LogP contribution in [0.25, 0.3) is 0 Å². The van der Waals surface area contributed by atoms with Crippen LogP contribution in [0.2, 0.25) is 0 Å². The van der Waals surface area contributed by atoms with E-state index in [9.17, 15) is 13.2 Å². The first-order valence-electron chi connectivity index (χ1n) is 7.31. The van der Waals surface area contributed by atoms with Gasteiger partial charge in [0.15, 0.2) is 9.84 Å². The van der Waals surface area contributed by atoms with Crippen molar-refractivity contribution in [1.82, 2.24) is 5.32 Å². The number of hydrogen-bond donors (Lipinski definition) is 1. The molecular weight excluding hydrogens is 286 g/mol. The van der Waals surface area contributed by atoms with E-state index in [2.05, 4.69) is 31.3 Å². The topological polar surface area (TPSA) is 63.2 Å². The van der Waals surface area contributed by atoms with Crippen LogP contribution in [0.1, 0.15) is 32.3 Å². The Morgan fingerprint density at radius 3 is 2.52 bits per heavy atom. The molecule has 1 aromatic carbocycles. The maximum absolute atomic E-state index is 12.0. The molecule has 1 N–H and O–H groups in total. The summed E-state index contributed by atoms with van der Waals surface area (Å²) in [5, 5.41) is 2.94. The minimum absolute atomic E-state index is 0.0187. The molecule has 1 aliphatic heterocycles. The van der Waals surface area contributed by atoms with Crippen LogP contribution in [0.4, 0.5) is 0 Å². The van der Waals surface area contributed by atoms with E-state index in [-0.39, 0.29) is 28.7 Å². The second kappa shape index (κ2) is 6.18. The quantitative estimate of drug-likeness (QED) is 0.903. The molecule has 0 bridgehead atoms. The van der Waals surface area contributed by atoms with Crippen molar-refractivity contribution in [3.05, 3.63) is 35.9 Å². The van der Waals surface area contributed by atoms with Crippen molar-refractivity contribution >= 4 is 15.7 Å². The molecule has 21 heavy (non-hydrogen) atoms. The molecule has 0 spiro atoms. The van der Waals surface area contributed by atoms with Gasteiger partial charge in [0.2, 0.25) is 5.91 Å². The Morgan fingerprint density at radius 1 is 1.29 bits per heavy atom. The fourth-order valence-electron chi connectivity index (χ4n) is 2.68. The van der Waals surface area contributed by atoms with Gasteiger partial charge >= 0.3 is 0 Å². The summed E-state index contributed by atoms with van der Waals surface area (Å²) < 4.78 is 22.8. The van der Waals surface area contributed by atoms with Crippen molar-refractivity contribution < 1.29 is 13.2 Å². The first-order valence-corrected chi connectivity index (χ1v) is 9.13. The number of carbonyl (C=O) groups excluding carboxylic acids is 1. The van der Waals surface area contributed by atoms with Crippen molar-refractivity contribution in [3.63, 3.8) is 0 Å². The molecule has 5 heteroatoms. The maximum atomic E-state index is 12.0. The average Bonchev–Trinajstić information content (AvgIpc) is 2.77. The van der Waals surface area contributed by atoms with Crippen LogP contribution in [-0.4, -0.2) is 32.4 Å². The predicted molar refractivity (Wildman–Crippen MR) is 83.9 cm³/mol. The van der Waals surface area contributed by atoms with E-state index >= 15 is 0 Å². The summed E-state index contributed by atoms with van der Waals surface area (Å²) in [7, 11) is -2.91. The third-order valence-electron chi connectivity index (χ3n) is 4.08. The lowest BCUT2D eigenvalue weighted by Crippen LogP contribution is -2.37. The summed E-state index contributed by atoms with van der Waals surface area (Å²) in [6.45, 7) is 4.72. The maximum Gasteiger partial charge on any atom is 0.220 e. The molecule has 0 radical (unpaired) electrons. The number of nitrogens with one attached hydrogen (secondary N) is 1. The molecular formula is C16H23NO3S. The third kappa shape index (κ3) is 4.56. The lowest BCUT2D eigenvalue weighted by molar-refractivity contribution is -0.122. The Morgan fingerprint density at radius 2 is 1.95 bits per heavy atom. The van der Waals surface area contributed by atoms with Crippen molar-refractivity contribution in [2.45, 2.75) is 32.1 Å². The highest BCUT2D eigenvalue weighted by molar-refractivity contribution is 7.91. The van der Waals surface area contributed by atoms with E-state index in [0.717, 1.165) is 0 Å². The zero-order valence-corrected chi connectivity index (χ0v) is 13.4. The molecule has 0 aromatic heterocycles. The first kappa shape index (κ1) is 16.0. The summed E-state index contributed by atoms with van der Waals surface area (Å²) in [6, 6.07) is 10.1. The highest BCUT2D eigenvalue weighted by Gasteiger charge is 2.30.